The van der Waals surface area contributed by atoms with Gasteiger partial charge >= 0.3 is 51.0 Å². The van der Waals surface area contributed by atoms with Crippen LogP contribution in [0.25, 0.3) is 0 Å². The number of thiol groups is 1. The third-order valence-electron chi connectivity index (χ3n) is 10.1. The molecule has 0 amide bonds. The topological polar surface area (TPSA) is 133 Å². The summed E-state index contributed by atoms with van der Waals surface area (Å²) in [5.41, 5.74) is -3.39. The van der Waals surface area contributed by atoms with Gasteiger partial charge in [-0.1, -0.05) is 42.5 Å². The molecule has 0 spiro atoms. The molecule has 0 saturated heterocycles. The minimum atomic E-state index is -6.69. The van der Waals surface area contributed by atoms with Crippen LogP contribution in [-0.4, -0.2) is 66.1 Å². The van der Waals surface area contributed by atoms with E-state index in [4.69, 9.17) is 9.29 Å². The molecule has 0 aromatic heterocycles. The smallest absolute Gasteiger partial charge is 0.460 e. The molecule has 9 nitrogen and oxygen atoms in total. The summed E-state index contributed by atoms with van der Waals surface area (Å²) in [7, 11) is -7.63. The Morgan fingerprint density at radius 1 is 0.709 bits per heavy atom. The number of hydrogen-bond acceptors (Lipinski definition) is 8. The van der Waals surface area contributed by atoms with E-state index in [0.29, 0.717) is 11.3 Å². The van der Waals surface area contributed by atoms with Crippen molar-refractivity contribution in [3.05, 3.63) is 84.9 Å². The van der Waals surface area contributed by atoms with Crippen molar-refractivity contribution < 1.29 is 76.7 Å². The van der Waals surface area contributed by atoms with Crippen molar-refractivity contribution in [3.63, 3.8) is 0 Å². The van der Waals surface area contributed by atoms with Crippen molar-refractivity contribution >= 4 is 38.9 Å². The maximum atomic E-state index is 15.3. The highest BCUT2D eigenvalue weighted by Crippen LogP contribution is 2.63. The van der Waals surface area contributed by atoms with Crippen molar-refractivity contribution in [1.29, 1.82) is 0 Å². The van der Waals surface area contributed by atoms with Gasteiger partial charge in [0.15, 0.2) is 0 Å². The van der Waals surface area contributed by atoms with Crippen LogP contribution in [0.15, 0.2) is 99.6 Å². The second-order valence-corrected chi connectivity index (χ2v) is 17.9. The van der Waals surface area contributed by atoms with Gasteiger partial charge in [-0.15, -0.1) is 0 Å². The van der Waals surface area contributed by atoms with E-state index in [2.05, 4.69) is 9.47 Å². The lowest BCUT2D eigenvalue weighted by Gasteiger charge is -2.61. The van der Waals surface area contributed by atoms with Crippen molar-refractivity contribution in [1.82, 2.24) is 0 Å². The molecular weight excluding hydrogens is 793 g/mol. The Morgan fingerprint density at radius 2 is 1.22 bits per heavy atom. The maximum Gasteiger partial charge on any atom is 0.465 e. The fourth-order valence-corrected chi connectivity index (χ4v) is 10.8. The van der Waals surface area contributed by atoms with Gasteiger partial charge in [0.25, 0.3) is 0 Å². The molecule has 1 N–H and O–H groups in total. The molecule has 298 valence electrons. The van der Waals surface area contributed by atoms with E-state index in [9.17, 15) is 31.6 Å². The first-order valence-electron chi connectivity index (χ1n) is 16.6. The summed E-state index contributed by atoms with van der Waals surface area (Å²) in [6, 6.07) is 22.7. The van der Waals surface area contributed by atoms with Gasteiger partial charge in [-0.2, -0.15) is 54.4 Å². The Kier molecular flexibility index (Phi) is 10.3. The molecule has 3 aromatic rings. The van der Waals surface area contributed by atoms with Crippen LogP contribution in [0.5, 0.6) is 5.75 Å². The Labute approximate surface area is 311 Å². The van der Waals surface area contributed by atoms with Gasteiger partial charge in [0, 0.05) is 5.41 Å². The predicted octanol–water partition coefficient (Wildman–Crippen LogP) is 7.88. The van der Waals surface area contributed by atoms with Gasteiger partial charge < -0.3 is 14.2 Å². The molecule has 7 rings (SSSR count). The van der Waals surface area contributed by atoms with Crippen LogP contribution in [0, 0.1) is 17.3 Å². The highest BCUT2D eigenvalue weighted by Gasteiger charge is 2.80. The Balaban J connectivity index is 1.18. The number of esters is 3. The zero-order chi connectivity index (χ0) is 40.2. The average Bonchev–Trinajstić information content (AvgIpc) is 3.10. The molecule has 4 aliphatic rings. The lowest BCUT2D eigenvalue weighted by molar-refractivity contribution is -0.306. The normalized spacial score (nSPS) is 24.2. The molecule has 4 bridgehead atoms. The summed E-state index contributed by atoms with van der Waals surface area (Å²) in [5, 5.41) is -5.35. The predicted molar refractivity (Wildman–Crippen MR) is 177 cm³/mol. The van der Waals surface area contributed by atoms with Gasteiger partial charge in [0.05, 0.1) is 6.61 Å². The summed E-state index contributed by atoms with van der Waals surface area (Å²) in [6.45, 7) is -0.945. The molecule has 2 unspecified atom stereocenters. The van der Waals surface area contributed by atoms with Crippen molar-refractivity contribution in [2.75, 3.05) is 6.61 Å². The number of hydrogen-bond donors (Lipinski definition) is 2. The minimum Gasteiger partial charge on any atom is -0.460 e. The van der Waals surface area contributed by atoms with Gasteiger partial charge in [-0.3, -0.25) is 4.55 Å². The summed E-state index contributed by atoms with van der Waals surface area (Å²) < 4.78 is 163. The second-order valence-electron chi connectivity index (χ2n) is 14.2. The Hall–Kier alpha value is -4.23. The molecule has 4 fully saturated rings. The largest absolute Gasteiger partial charge is 0.465 e. The summed E-state index contributed by atoms with van der Waals surface area (Å²) in [6.07, 6.45) is -0.372. The van der Waals surface area contributed by atoms with E-state index in [1.54, 1.807) is 66.7 Å². The zero-order valence-electron chi connectivity index (χ0n) is 28.3. The van der Waals surface area contributed by atoms with E-state index in [-0.39, 0.29) is 25.7 Å². The summed E-state index contributed by atoms with van der Waals surface area (Å²) >= 11 is 0. The highest BCUT2D eigenvalue weighted by atomic mass is 32.2. The van der Waals surface area contributed by atoms with E-state index >= 15 is 26.3 Å². The molecule has 4 aliphatic carbocycles. The molecule has 55 heavy (non-hydrogen) atoms. The monoisotopic (exact) mass is 824 g/mol. The van der Waals surface area contributed by atoms with E-state index < -0.39 is 104 Å². The molecule has 2 atom stereocenters. The number of benzene rings is 3. The number of carbonyl (C=O) groups is 3. The fourth-order valence-electron chi connectivity index (χ4n) is 8.23. The molecule has 0 heterocycles. The van der Waals surface area contributed by atoms with Crippen molar-refractivity contribution in [2.24, 2.45) is 17.3 Å². The van der Waals surface area contributed by atoms with Crippen LogP contribution in [-0.2, 0) is 34.0 Å². The quantitative estimate of drug-likeness (QED) is 0.0581. The van der Waals surface area contributed by atoms with Crippen LogP contribution in [0.2, 0.25) is 0 Å². The first kappa shape index (κ1) is 40.4. The number of carbonyl (C=O) groups excluding carboxylic acids is 3. The van der Waals surface area contributed by atoms with Crippen LogP contribution in [0.1, 0.15) is 38.5 Å². The molecule has 19 heteroatoms. The molecule has 3 aromatic carbocycles. The first-order chi connectivity index (χ1) is 25.5. The van der Waals surface area contributed by atoms with E-state index in [0.717, 1.165) is 21.9 Å². The lowest BCUT2D eigenvalue weighted by atomic mass is 9.48. The minimum absolute atomic E-state index is 0.0871. The van der Waals surface area contributed by atoms with Crippen LogP contribution in [0.4, 0.5) is 35.1 Å². The fraction of sp³-hybridized carbons (Fsp3) is 0.417. The standard InChI is InChI=1S/C36H32F8O9S2/c37-33(38,28(45)52-24-8-7-13-27(15-24)54(25-9-3-1-4-10-25)26-11-5-2-6-12-26)36(43,44)34(39,40)29(46)53-32-18-22-14-23(19-32)17-31(16-22,20-32)21-51-30(47)35(41,42)55(48,49)50/h1-13,15,22-23,54H,14,16-21H2,(H,48,49,50). The lowest BCUT2D eigenvalue weighted by Crippen LogP contribution is -2.65. The maximum absolute atomic E-state index is 15.3. The number of halogens is 8. The van der Waals surface area contributed by atoms with Gasteiger partial charge in [0.2, 0.25) is 0 Å². The number of rotatable bonds is 13. The SMILES string of the molecule is O=C(Oc1cccc([SH](c2ccccc2)c2ccccc2)c1)C(F)(F)C(F)(F)C(F)(F)C(=O)OC12CC3CC(CC(COC(=O)C(F)(F)S(=O)(=O)O)(C3)C1)C2. The third kappa shape index (κ3) is 7.41. The molecular formula is C36H32F8O9S2. The van der Waals surface area contributed by atoms with Crippen molar-refractivity contribution in [2.45, 2.75) is 81.8 Å². The summed E-state index contributed by atoms with van der Waals surface area (Å²) in [4.78, 5) is 39.3. The highest BCUT2D eigenvalue weighted by molar-refractivity contribution is 8.17. The second kappa shape index (κ2) is 14.1. The summed E-state index contributed by atoms with van der Waals surface area (Å²) in [5.74, 6) is -29.8. The molecule has 0 aliphatic heterocycles. The number of alkyl halides is 8. The van der Waals surface area contributed by atoms with Crippen LogP contribution >= 0.6 is 10.9 Å². The molecule has 0 radical (unpaired) electrons. The Morgan fingerprint density at radius 3 is 1.75 bits per heavy atom. The van der Waals surface area contributed by atoms with Gasteiger partial charge in [0.1, 0.15) is 11.4 Å². The van der Waals surface area contributed by atoms with Crippen LogP contribution < -0.4 is 4.74 Å². The Bertz CT molecular complexity index is 2010. The van der Waals surface area contributed by atoms with Crippen molar-refractivity contribution in [3.8, 4) is 5.75 Å². The zero-order valence-corrected chi connectivity index (χ0v) is 30.0. The first-order valence-corrected chi connectivity index (χ1v) is 19.4. The number of ether oxygens (including phenoxy) is 3. The van der Waals surface area contributed by atoms with Crippen LogP contribution in [0.3, 0.4) is 0 Å². The molecule has 4 saturated carbocycles. The van der Waals surface area contributed by atoms with Gasteiger partial charge in [-0.25, -0.2) is 14.4 Å². The average molecular weight is 825 g/mol. The van der Waals surface area contributed by atoms with E-state index in [1.807, 2.05) is 0 Å². The van der Waals surface area contributed by atoms with Gasteiger partial charge in [-0.05, 0) is 108 Å². The third-order valence-corrected chi connectivity index (χ3v) is 13.4. The van der Waals surface area contributed by atoms with E-state index in [1.165, 1.54) is 6.07 Å².